The van der Waals surface area contributed by atoms with Gasteiger partial charge in [0.05, 0.1) is 12.1 Å². The van der Waals surface area contributed by atoms with Gasteiger partial charge in [-0.05, 0) is 43.9 Å². The van der Waals surface area contributed by atoms with Crippen LogP contribution >= 0.6 is 0 Å². The molecule has 8 nitrogen and oxygen atoms in total. The van der Waals surface area contributed by atoms with Crippen molar-refractivity contribution < 1.29 is 17.5 Å². The summed E-state index contributed by atoms with van der Waals surface area (Å²) in [5.41, 5.74) is 1.93. The zero-order valence-electron chi connectivity index (χ0n) is 20.6. The average molecular weight is 514 g/mol. The number of ether oxygens (including phenoxy) is 1. The first-order valence-electron chi connectivity index (χ1n) is 12.3. The molecule has 2 saturated heterocycles. The second-order valence-electron chi connectivity index (χ2n) is 9.68. The molecule has 192 valence electrons. The van der Waals surface area contributed by atoms with Crippen molar-refractivity contribution in [3.8, 4) is 0 Å². The average Bonchev–Trinajstić information content (AvgIpc) is 3.42. The van der Waals surface area contributed by atoms with Gasteiger partial charge in [-0.1, -0.05) is 36.4 Å². The Morgan fingerprint density at radius 1 is 1.06 bits per heavy atom. The Labute approximate surface area is 211 Å². The highest BCUT2D eigenvalue weighted by atomic mass is 32.2. The Morgan fingerprint density at radius 2 is 1.81 bits per heavy atom. The normalized spacial score (nSPS) is 26.7. The molecule has 5 rings (SSSR count). The fraction of sp³-hybridized carbons (Fsp3) is 0.462. The van der Waals surface area contributed by atoms with Crippen molar-refractivity contribution in [1.29, 1.82) is 0 Å². The van der Waals surface area contributed by atoms with E-state index in [1.807, 2.05) is 47.9 Å². The van der Waals surface area contributed by atoms with Crippen LogP contribution in [0.3, 0.4) is 0 Å². The Kier molecular flexibility index (Phi) is 7.09. The first kappa shape index (κ1) is 24.9. The summed E-state index contributed by atoms with van der Waals surface area (Å²) in [6, 6.07) is 14.3. The number of methoxy groups -OCH3 is 1. The minimum absolute atomic E-state index is 0.0232. The van der Waals surface area contributed by atoms with E-state index < -0.39 is 21.1 Å². The van der Waals surface area contributed by atoms with Crippen LogP contribution in [0, 0.1) is 5.82 Å². The molecule has 0 spiro atoms. The highest BCUT2D eigenvalue weighted by Crippen LogP contribution is 2.38. The van der Waals surface area contributed by atoms with Crippen molar-refractivity contribution in [2.24, 2.45) is 0 Å². The molecule has 0 aliphatic carbocycles. The number of aromatic nitrogens is 3. The lowest BCUT2D eigenvalue weighted by Crippen LogP contribution is -2.45. The zero-order chi connectivity index (χ0) is 25.3. The number of hydrogen-bond acceptors (Lipinski definition) is 6. The fourth-order valence-electron chi connectivity index (χ4n) is 5.47. The Bertz CT molecular complexity index is 1270. The van der Waals surface area contributed by atoms with Gasteiger partial charge in [-0.3, -0.25) is 0 Å². The van der Waals surface area contributed by atoms with Crippen molar-refractivity contribution >= 4 is 15.7 Å². The summed E-state index contributed by atoms with van der Waals surface area (Å²) in [5, 5.41) is 7.19. The van der Waals surface area contributed by atoms with Crippen molar-refractivity contribution in [1.82, 2.24) is 19.1 Å². The highest BCUT2D eigenvalue weighted by molar-refractivity contribution is 7.89. The number of piperidine rings is 1. The molecule has 0 radical (unpaired) electrons. The van der Waals surface area contributed by atoms with E-state index in [0.717, 1.165) is 30.6 Å². The van der Waals surface area contributed by atoms with E-state index in [-0.39, 0.29) is 24.7 Å². The number of nitrogens with zero attached hydrogens (tertiary/aromatic N) is 5. The third-order valence-electron chi connectivity index (χ3n) is 7.57. The lowest BCUT2D eigenvalue weighted by molar-refractivity contribution is 0.0472. The Balaban J connectivity index is 1.32. The maximum Gasteiger partial charge on any atom is 0.221 e. The number of halogens is 1. The molecular weight excluding hydrogens is 481 g/mol. The lowest BCUT2D eigenvalue weighted by atomic mass is 10.0. The van der Waals surface area contributed by atoms with Crippen LogP contribution in [-0.4, -0.2) is 59.8 Å². The van der Waals surface area contributed by atoms with Gasteiger partial charge < -0.3 is 14.2 Å². The molecule has 0 saturated carbocycles. The number of rotatable bonds is 6. The number of sulfonamides is 1. The molecule has 2 aromatic carbocycles. The van der Waals surface area contributed by atoms with Crippen molar-refractivity contribution in [2.45, 2.75) is 56.2 Å². The monoisotopic (exact) mass is 513 g/mol. The van der Waals surface area contributed by atoms with Crippen molar-refractivity contribution in [3.05, 3.63) is 78.1 Å². The summed E-state index contributed by atoms with van der Waals surface area (Å²) in [5.74, 6) is -0.397. The summed E-state index contributed by atoms with van der Waals surface area (Å²) >= 11 is 0. The number of hydrogen-bond donors (Lipinski definition) is 0. The van der Waals surface area contributed by atoms with Gasteiger partial charge in [0.1, 0.15) is 23.7 Å². The molecule has 0 amide bonds. The predicted octanol–water partition coefficient (Wildman–Crippen LogP) is 3.94. The number of benzene rings is 2. The van der Waals surface area contributed by atoms with E-state index in [9.17, 15) is 8.42 Å². The third kappa shape index (κ3) is 4.77. The van der Waals surface area contributed by atoms with Crippen molar-refractivity contribution in [3.63, 3.8) is 0 Å². The minimum atomic E-state index is -3.62. The van der Waals surface area contributed by atoms with Crippen LogP contribution in [0.4, 0.5) is 10.1 Å². The molecule has 36 heavy (non-hydrogen) atoms. The Hall–Kier alpha value is -2.82. The third-order valence-corrected chi connectivity index (χ3v) is 9.94. The van der Waals surface area contributed by atoms with E-state index in [0.29, 0.717) is 18.5 Å². The molecule has 1 aromatic heterocycles. The molecule has 4 atom stereocenters. The molecule has 3 heterocycles. The highest BCUT2D eigenvalue weighted by Gasteiger charge is 2.40. The maximum absolute atomic E-state index is 15.3. The van der Waals surface area contributed by atoms with Crippen LogP contribution in [0.2, 0.25) is 0 Å². The van der Waals surface area contributed by atoms with Gasteiger partial charge in [-0.25, -0.2) is 12.8 Å². The Morgan fingerprint density at radius 3 is 2.50 bits per heavy atom. The summed E-state index contributed by atoms with van der Waals surface area (Å²) in [7, 11) is -1.94. The van der Waals surface area contributed by atoms with Crippen LogP contribution in [0.15, 0.2) is 61.2 Å². The number of anilines is 1. The van der Waals surface area contributed by atoms with Crippen LogP contribution in [-0.2, 0) is 21.3 Å². The van der Waals surface area contributed by atoms with Gasteiger partial charge in [0, 0.05) is 44.0 Å². The standard InChI is InChI=1S/C26H32FN5O3S/c1-19-8-11-26(20-6-4-3-5-7-20)36(33,34)32(19)15-21-9-10-22(14-23(21)27)30-13-12-24(25(16-30)35-2)31-17-28-29-18-31/h3-7,9-10,14,17-19,24-26H,8,11-13,15-16H2,1-2H3. The topological polar surface area (TPSA) is 80.6 Å². The smallest absolute Gasteiger partial charge is 0.221 e. The van der Waals surface area contributed by atoms with E-state index in [2.05, 4.69) is 15.1 Å². The second-order valence-corrected chi connectivity index (χ2v) is 11.7. The summed E-state index contributed by atoms with van der Waals surface area (Å²) in [4.78, 5) is 2.10. The molecule has 0 bridgehead atoms. The van der Waals surface area contributed by atoms with E-state index in [1.165, 1.54) is 10.4 Å². The van der Waals surface area contributed by atoms with E-state index >= 15 is 4.39 Å². The summed E-state index contributed by atoms with van der Waals surface area (Å²) < 4.78 is 51.5. The van der Waals surface area contributed by atoms with E-state index in [1.54, 1.807) is 25.8 Å². The molecule has 4 unspecified atom stereocenters. The SMILES string of the molecule is COC1CN(c2ccc(CN3C(C)CCC(c4ccccc4)S3(=O)=O)c(F)c2)CCC1n1cnnc1. The van der Waals surface area contributed by atoms with E-state index in [4.69, 9.17) is 4.74 Å². The summed E-state index contributed by atoms with van der Waals surface area (Å²) in [6.07, 6.45) is 5.41. The second kappa shape index (κ2) is 10.3. The quantitative estimate of drug-likeness (QED) is 0.497. The molecule has 2 fully saturated rings. The van der Waals surface area contributed by atoms with Crippen LogP contribution < -0.4 is 4.90 Å². The van der Waals surface area contributed by atoms with Gasteiger partial charge in [0.25, 0.3) is 0 Å². The van der Waals surface area contributed by atoms with Crippen LogP contribution in [0.25, 0.3) is 0 Å². The van der Waals surface area contributed by atoms with Gasteiger partial charge in [0.2, 0.25) is 10.0 Å². The molecule has 2 aliphatic heterocycles. The molecule has 3 aromatic rings. The molecule has 10 heteroatoms. The van der Waals surface area contributed by atoms with Gasteiger partial charge in [-0.15, -0.1) is 10.2 Å². The first-order chi connectivity index (χ1) is 17.4. The molecule has 0 N–H and O–H groups in total. The van der Waals surface area contributed by atoms with Gasteiger partial charge in [-0.2, -0.15) is 4.31 Å². The minimum Gasteiger partial charge on any atom is -0.377 e. The zero-order valence-corrected chi connectivity index (χ0v) is 21.4. The van der Waals surface area contributed by atoms with Crippen LogP contribution in [0.5, 0.6) is 0 Å². The predicted molar refractivity (Wildman–Crippen MR) is 135 cm³/mol. The van der Waals surface area contributed by atoms with Gasteiger partial charge in [0.15, 0.2) is 0 Å². The van der Waals surface area contributed by atoms with Crippen LogP contribution in [0.1, 0.15) is 48.6 Å². The first-order valence-corrected chi connectivity index (χ1v) is 13.8. The van der Waals surface area contributed by atoms with Gasteiger partial charge >= 0.3 is 0 Å². The lowest BCUT2D eigenvalue weighted by Gasteiger charge is -2.39. The largest absolute Gasteiger partial charge is 0.377 e. The molecule has 2 aliphatic rings. The fourth-order valence-corrected chi connectivity index (χ4v) is 7.66. The van der Waals surface area contributed by atoms with Crippen molar-refractivity contribution in [2.75, 3.05) is 25.1 Å². The molecular formula is C26H32FN5O3S. The summed E-state index contributed by atoms with van der Waals surface area (Å²) in [6.45, 7) is 3.26. The maximum atomic E-state index is 15.3.